The summed E-state index contributed by atoms with van der Waals surface area (Å²) in [6.45, 7) is 0. The van der Waals surface area contributed by atoms with Crippen molar-refractivity contribution in [2.24, 2.45) is 0 Å². The van der Waals surface area contributed by atoms with Crippen LogP contribution >= 0.6 is 0 Å². The van der Waals surface area contributed by atoms with Crippen molar-refractivity contribution in [1.29, 1.82) is 0 Å². The van der Waals surface area contributed by atoms with Crippen molar-refractivity contribution in [3.63, 3.8) is 0 Å². The van der Waals surface area contributed by atoms with Crippen LogP contribution in [-0.2, 0) is 10.2 Å². The van der Waals surface area contributed by atoms with Gasteiger partial charge in [0.05, 0.1) is 23.9 Å². The largest absolute Gasteiger partial charge is 0.486 e. The number of nitrogens with zero attached hydrogens (tertiary/aromatic N) is 1. The zero-order valence-electron chi connectivity index (χ0n) is 12.6. The number of benzene rings is 1. The van der Waals surface area contributed by atoms with E-state index in [-0.39, 0.29) is 12.1 Å². The Kier molecular flexibility index (Phi) is 4.02. The third-order valence-electron chi connectivity index (χ3n) is 4.21. The SMILES string of the molecule is CN(C)S(=O)(=O)N[C@@H]1CC[C@H]2Oc3ccccc3N[C@H]2[C@@H]1O. The number of nitrogens with one attached hydrogen (secondary N) is 2. The molecular formula is C14H21N3O4S. The maximum Gasteiger partial charge on any atom is 0.279 e. The molecule has 0 saturated heterocycles. The average Bonchev–Trinajstić information content (AvgIpc) is 2.48. The molecule has 0 radical (unpaired) electrons. The van der Waals surface area contributed by atoms with Crippen LogP contribution in [0.1, 0.15) is 12.8 Å². The van der Waals surface area contributed by atoms with Crippen LogP contribution in [0.3, 0.4) is 0 Å². The Morgan fingerprint density at radius 3 is 2.77 bits per heavy atom. The molecule has 0 aromatic heterocycles. The lowest BCUT2D eigenvalue weighted by Gasteiger charge is -2.44. The second kappa shape index (κ2) is 5.69. The Morgan fingerprint density at radius 1 is 1.32 bits per heavy atom. The maximum absolute atomic E-state index is 12.0. The van der Waals surface area contributed by atoms with E-state index >= 15 is 0 Å². The Labute approximate surface area is 130 Å². The topological polar surface area (TPSA) is 90.9 Å². The zero-order valence-corrected chi connectivity index (χ0v) is 13.4. The first kappa shape index (κ1) is 15.5. The highest BCUT2D eigenvalue weighted by atomic mass is 32.2. The number of para-hydroxylation sites is 2. The first-order valence-electron chi connectivity index (χ1n) is 7.28. The number of hydrogen-bond acceptors (Lipinski definition) is 5. The van der Waals surface area contributed by atoms with Gasteiger partial charge in [0.1, 0.15) is 11.9 Å². The van der Waals surface area contributed by atoms with Crippen molar-refractivity contribution < 1.29 is 18.3 Å². The molecule has 7 nitrogen and oxygen atoms in total. The summed E-state index contributed by atoms with van der Waals surface area (Å²) in [7, 11) is -0.661. The van der Waals surface area contributed by atoms with Crippen molar-refractivity contribution >= 4 is 15.9 Å². The molecule has 122 valence electrons. The molecule has 3 N–H and O–H groups in total. The number of ether oxygens (including phenoxy) is 1. The van der Waals surface area contributed by atoms with Gasteiger partial charge in [-0.05, 0) is 25.0 Å². The van der Waals surface area contributed by atoms with Crippen molar-refractivity contribution in [3.05, 3.63) is 24.3 Å². The van der Waals surface area contributed by atoms with E-state index in [0.717, 1.165) is 15.7 Å². The Hall–Kier alpha value is -1.35. The molecular weight excluding hydrogens is 306 g/mol. The van der Waals surface area contributed by atoms with Crippen molar-refractivity contribution in [1.82, 2.24) is 9.03 Å². The fraction of sp³-hybridized carbons (Fsp3) is 0.571. The van der Waals surface area contributed by atoms with Crippen molar-refractivity contribution in [3.8, 4) is 5.75 Å². The lowest BCUT2D eigenvalue weighted by Crippen LogP contribution is -2.61. The fourth-order valence-corrected chi connectivity index (χ4v) is 3.78. The standard InChI is InChI=1S/C14H21N3O4S/c1-17(2)22(19,20)16-10-7-8-12-13(14(10)18)15-9-5-3-4-6-11(9)21-12/h3-6,10,12-16,18H,7-8H2,1-2H3/t10-,12-,13-,14-/m1/s1. The third-order valence-corrected chi connectivity index (χ3v) is 5.77. The van der Waals surface area contributed by atoms with Gasteiger partial charge < -0.3 is 15.2 Å². The van der Waals surface area contributed by atoms with E-state index in [1.54, 1.807) is 0 Å². The van der Waals surface area contributed by atoms with Crippen LogP contribution in [0.15, 0.2) is 24.3 Å². The Bertz CT molecular complexity index is 649. The van der Waals surface area contributed by atoms with Gasteiger partial charge in [-0.2, -0.15) is 17.4 Å². The summed E-state index contributed by atoms with van der Waals surface area (Å²) in [6.07, 6.45) is 0.176. The average molecular weight is 327 g/mol. The molecule has 1 aromatic carbocycles. The summed E-state index contributed by atoms with van der Waals surface area (Å²) in [5.41, 5.74) is 0.818. The van der Waals surface area contributed by atoms with E-state index in [1.807, 2.05) is 24.3 Å². The van der Waals surface area contributed by atoms with Gasteiger partial charge in [0, 0.05) is 14.1 Å². The highest BCUT2D eigenvalue weighted by Crippen LogP contribution is 2.36. The molecule has 4 atom stereocenters. The summed E-state index contributed by atoms with van der Waals surface area (Å²) in [5.74, 6) is 0.767. The molecule has 1 heterocycles. The van der Waals surface area contributed by atoms with Crippen LogP contribution in [0.25, 0.3) is 0 Å². The minimum Gasteiger partial charge on any atom is -0.486 e. The number of anilines is 1. The molecule has 2 aliphatic rings. The van der Waals surface area contributed by atoms with Gasteiger partial charge >= 0.3 is 0 Å². The lowest BCUT2D eigenvalue weighted by atomic mass is 9.85. The summed E-state index contributed by atoms with van der Waals surface area (Å²) in [4.78, 5) is 0. The Balaban J connectivity index is 1.77. The van der Waals surface area contributed by atoms with Crippen LogP contribution in [0.4, 0.5) is 5.69 Å². The zero-order chi connectivity index (χ0) is 15.9. The number of rotatable bonds is 3. The van der Waals surface area contributed by atoms with E-state index in [4.69, 9.17) is 4.74 Å². The third kappa shape index (κ3) is 2.79. The van der Waals surface area contributed by atoms with Crippen LogP contribution in [-0.4, -0.2) is 56.2 Å². The molecule has 0 spiro atoms. The normalized spacial score (nSPS) is 30.9. The minimum atomic E-state index is -3.57. The summed E-state index contributed by atoms with van der Waals surface area (Å²) < 4.78 is 33.5. The van der Waals surface area contributed by atoms with Crippen LogP contribution < -0.4 is 14.8 Å². The van der Waals surface area contributed by atoms with E-state index in [9.17, 15) is 13.5 Å². The van der Waals surface area contributed by atoms with E-state index in [2.05, 4.69) is 10.0 Å². The van der Waals surface area contributed by atoms with Gasteiger partial charge in [-0.15, -0.1) is 0 Å². The molecule has 1 fully saturated rings. The van der Waals surface area contributed by atoms with Gasteiger partial charge in [-0.1, -0.05) is 12.1 Å². The minimum absolute atomic E-state index is 0.162. The highest BCUT2D eigenvalue weighted by molar-refractivity contribution is 7.87. The van der Waals surface area contributed by atoms with E-state index in [1.165, 1.54) is 14.1 Å². The lowest BCUT2D eigenvalue weighted by molar-refractivity contribution is 0.0149. The predicted molar refractivity (Wildman–Crippen MR) is 83.0 cm³/mol. The smallest absolute Gasteiger partial charge is 0.279 e. The second-order valence-corrected chi connectivity index (χ2v) is 7.82. The van der Waals surface area contributed by atoms with Crippen LogP contribution in [0, 0.1) is 0 Å². The maximum atomic E-state index is 12.0. The quantitative estimate of drug-likeness (QED) is 0.735. The molecule has 1 aliphatic carbocycles. The first-order chi connectivity index (χ1) is 10.4. The van der Waals surface area contributed by atoms with Gasteiger partial charge in [-0.3, -0.25) is 0 Å². The molecule has 3 rings (SSSR count). The summed E-state index contributed by atoms with van der Waals surface area (Å²) in [6, 6.07) is 6.68. The number of hydrogen-bond donors (Lipinski definition) is 3. The van der Waals surface area contributed by atoms with Gasteiger partial charge in [0.15, 0.2) is 0 Å². The van der Waals surface area contributed by atoms with Gasteiger partial charge in [0.25, 0.3) is 10.2 Å². The summed E-state index contributed by atoms with van der Waals surface area (Å²) in [5, 5.41) is 13.8. The number of aliphatic hydroxyl groups is 1. The Morgan fingerprint density at radius 2 is 2.05 bits per heavy atom. The molecule has 22 heavy (non-hydrogen) atoms. The number of fused-ring (bicyclic) bond motifs is 2. The van der Waals surface area contributed by atoms with Crippen LogP contribution in [0.2, 0.25) is 0 Å². The number of aliphatic hydroxyl groups excluding tert-OH is 1. The molecule has 0 amide bonds. The fourth-order valence-electron chi connectivity index (χ4n) is 2.93. The molecule has 1 aliphatic heterocycles. The first-order valence-corrected chi connectivity index (χ1v) is 8.72. The van der Waals surface area contributed by atoms with E-state index < -0.39 is 22.4 Å². The van der Waals surface area contributed by atoms with Crippen LogP contribution in [0.5, 0.6) is 5.75 Å². The molecule has 8 heteroatoms. The van der Waals surface area contributed by atoms with Crippen molar-refractivity contribution in [2.75, 3.05) is 19.4 Å². The molecule has 1 aromatic rings. The predicted octanol–water partition coefficient (Wildman–Crippen LogP) is 0.147. The second-order valence-electron chi connectivity index (χ2n) is 5.90. The molecule has 0 unspecified atom stereocenters. The monoisotopic (exact) mass is 327 g/mol. The van der Waals surface area contributed by atoms with Gasteiger partial charge in [-0.25, -0.2) is 0 Å². The molecule has 1 saturated carbocycles. The highest BCUT2D eigenvalue weighted by Gasteiger charge is 2.43. The summed E-state index contributed by atoms with van der Waals surface area (Å²) >= 11 is 0. The molecule has 0 bridgehead atoms. The van der Waals surface area contributed by atoms with E-state index in [0.29, 0.717) is 12.8 Å². The van der Waals surface area contributed by atoms with Gasteiger partial charge in [0.2, 0.25) is 0 Å². The van der Waals surface area contributed by atoms with Crippen molar-refractivity contribution in [2.45, 2.75) is 37.1 Å².